The minimum absolute atomic E-state index is 0.111. The smallest absolute Gasteiger partial charge is 0.326 e. The van der Waals surface area contributed by atoms with Gasteiger partial charge < -0.3 is 4.74 Å². The van der Waals surface area contributed by atoms with Crippen LogP contribution in [0.15, 0.2) is 0 Å². The second kappa shape index (κ2) is 7.31. The van der Waals surface area contributed by atoms with Gasteiger partial charge in [-0.15, -0.1) is 0 Å². The first kappa shape index (κ1) is 18.8. The van der Waals surface area contributed by atoms with Crippen LogP contribution in [0.4, 0.5) is 0 Å². The summed E-state index contributed by atoms with van der Waals surface area (Å²) in [5, 5.41) is -0.542. The summed E-state index contributed by atoms with van der Waals surface area (Å²) in [6.45, 7) is -0.509. The average molecular weight is 425 g/mol. The third kappa shape index (κ3) is 3.35. The highest BCUT2D eigenvalue weighted by Crippen LogP contribution is 2.44. The zero-order chi connectivity index (χ0) is 18.3. The van der Waals surface area contributed by atoms with E-state index in [9.17, 15) is 14.4 Å². The van der Waals surface area contributed by atoms with Crippen LogP contribution >= 0.6 is 46.4 Å². The third-order valence-corrected chi connectivity index (χ3v) is 6.12. The lowest BCUT2D eigenvalue weighted by Gasteiger charge is -2.23. The van der Waals surface area contributed by atoms with Crippen LogP contribution in [0.5, 0.6) is 0 Å². The van der Waals surface area contributed by atoms with Crippen LogP contribution in [0.2, 0.25) is 20.1 Å². The van der Waals surface area contributed by atoms with Crippen molar-refractivity contribution in [3.63, 3.8) is 0 Å². The summed E-state index contributed by atoms with van der Waals surface area (Å²) in [7, 11) is 0. The molecule has 1 aromatic rings. The van der Waals surface area contributed by atoms with Crippen LogP contribution in [0.3, 0.4) is 0 Å². The summed E-state index contributed by atoms with van der Waals surface area (Å²) in [5.41, 5.74) is -0.284. The number of hydrogen-bond acceptors (Lipinski definition) is 4. The molecular formula is C16H13Cl4NO4. The molecule has 25 heavy (non-hydrogen) atoms. The first-order chi connectivity index (χ1) is 11.8. The van der Waals surface area contributed by atoms with Crippen LogP contribution < -0.4 is 0 Å². The Morgan fingerprint density at radius 3 is 1.84 bits per heavy atom. The molecule has 0 unspecified atom stereocenters. The molecule has 1 saturated carbocycles. The standard InChI is InChI=1S/C16H13Cl4NO4/c17-11-9-10(12(18)14(20)13(11)19)16(24)21(15(9)23)6-8(22)25-7-4-2-1-3-5-7/h7H,1-6H2. The first-order valence-electron chi connectivity index (χ1n) is 7.74. The molecule has 0 atom stereocenters. The first-order valence-corrected chi connectivity index (χ1v) is 9.25. The van der Waals surface area contributed by atoms with E-state index in [1.54, 1.807) is 0 Å². The van der Waals surface area contributed by atoms with Crippen LogP contribution in [0.25, 0.3) is 0 Å². The topological polar surface area (TPSA) is 63.7 Å². The number of fused-ring (bicyclic) bond motifs is 1. The van der Waals surface area contributed by atoms with Crippen molar-refractivity contribution in [1.29, 1.82) is 0 Å². The van der Waals surface area contributed by atoms with Crippen molar-refractivity contribution in [3.8, 4) is 0 Å². The lowest BCUT2D eigenvalue weighted by Crippen LogP contribution is -2.37. The van der Waals surface area contributed by atoms with Gasteiger partial charge in [0.15, 0.2) is 0 Å². The molecule has 0 aromatic heterocycles. The van der Waals surface area contributed by atoms with E-state index in [-0.39, 0.29) is 37.3 Å². The lowest BCUT2D eigenvalue weighted by atomic mass is 9.98. The average Bonchev–Trinajstić information content (AvgIpc) is 2.83. The van der Waals surface area contributed by atoms with E-state index in [1.165, 1.54) is 0 Å². The number of rotatable bonds is 3. The minimum Gasteiger partial charge on any atom is -0.461 e. The van der Waals surface area contributed by atoms with Gasteiger partial charge in [0.25, 0.3) is 11.8 Å². The van der Waals surface area contributed by atoms with E-state index in [0.29, 0.717) is 0 Å². The van der Waals surface area contributed by atoms with Crippen molar-refractivity contribution < 1.29 is 19.1 Å². The Kier molecular flexibility index (Phi) is 5.49. The molecule has 0 N–H and O–H groups in total. The van der Waals surface area contributed by atoms with Crippen molar-refractivity contribution in [2.45, 2.75) is 38.2 Å². The monoisotopic (exact) mass is 423 g/mol. The van der Waals surface area contributed by atoms with E-state index >= 15 is 0 Å². The fraction of sp³-hybridized carbons (Fsp3) is 0.438. The van der Waals surface area contributed by atoms with Gasteiger partial charge >= 0.3 is 5.97 Å². The van der Waals surface area contributed by atoms with Gasteiger partial charge in [0.2, 0.25) is 0 Å². The van der Waals surface area contributed by atoms with Crippen molar-refractivity contribution in [2.24, 2.45) is 0 Å². The summed E-state index contributed by atoms with van der Waals surface area (Å²) in [6, 6.07) is 0. The molecule has 1 aromatic carbocycles. The Balaban J connectivity index is 1.81. The highest BCUT2D eigenvalue weighted by molar-refractivity contribution is 6.55. The number of amides is 2. The fourth-order valence-corrected chi connectivity index (χ4v) is 4.09. The van der Waals surface area contributed by atoms with E-state index in [1.807, 2.05) is 0 Å². The molecule has 1 aliphatic heterocycles. The Morgan fingerprint density at radius 2 is 1.36 bits per heavy atom. The predicted octanol–water partition coefficient (Wildman–Crippen LogP) is 4.77. The number of carbonyl (C=O) groups is 3. The molecule has 0 spiro atoms. The number of imide groups is 1. The molecule has 0 radical (unpaired) electrons. The van der Waals surface area contributed by atoms with E-state index in [2.05, 4.69) is 0 Å². The summed E-state index contributed by atoms with van der Waals surface area (Å²) in [5.74, 6) is -2.14. The quantitative estimate of drug-likeness (QED) is 0.303. The van der Waals surface area contributed by atoms with Crippen LogP contribution in [-0.4, -0.2) is 35.3 Å². The summed E-state index contributed by atoms with van der Waals surface area (Å²) in [4.78, 5) is 37.9. The van der Waals surface area contributed by atoms with Crippen molar-refractivity contribution in [3.05, 3.63) is 31.2 Å². The van der Waals surface area contributed by atoms with E-state index < -0.39 is 24.3 Å². The third-order valence-electron chi connectivity index (χ3n) is 4.32. The highest BCUT2D eigenvalue weighted by Gasteiger charge is 2.42. The van der Waals surface area contributed by atoms with Crippen molar-refractivity contribution >= 4 is 64.2 Å². The van der Waals surface area contributed by atoms with Gasteiger partial charge in [-0.2, -0.15) is 0 Å². The number of benzene rings is 1. The Bertz CT molecular complexity index is 727. The van der Waals surface area contributed by atoms with Crippen molar-refractivity contribution in [2.75, 3.05) is 6.54 Å². The molecule has 3 rings (SSSR count). The SMILES string of the molecule is O=C(CN1C(=O)c2c(Cl)c(Cl)c(Cl)c(Cl)c2C1=O)OC1CCCCC1. The normalized spacial score (nSPS) is 17.8. The maximum absolute atomic E-state index is 12.5. The fourth-order valence-electron chi connectivity index (χ4n) is 3.07. The largest absolute Gasteiger partial charge is 0.461 e. The summed E-state index contributed by atoms with van der Waals surface area (Å²) in [6.07, 6.45) is 4.51. The van der Waals surface area contributed by atoms with Crippen LogP contribution in [-0.2, 0) is 9.53 Å². The molecule has 1 aliphatic carbocycles. The molecule has 0 bridgehead atoms. The van der Waals surface area contributed by atoms with Crippen molar-refractivity contribution in [1.82, 2.24) is 4.90 Å². The van der Waals surface area contributed by atoms with Gasteiger partial charge in [0.1, 0.15) is 12.6 Å². The Hall–Kier alpha value is -1.01. The van der Waals surface area contributed by atoms with Crippen LogP contribution in [0, 0.1) is 0 Å². The van der Waals surface area contributed by atoms with Gasteiger partial charge in [-0.25, -0.2) is 0 Å². The number of hydrogen-bond donors (Lipinski definition) is 0. The maximum atomic E-state index is 12.5. The number of carbonyl (C=O) groups excluding carboxylic acids is 3. The molecule has 2 aliphatic rings. The Morgan fingerprint density at radius 1 is 0.880 bits per heavy atom. The van der Waals surface area contributed by atoms with E-state index in [4.69, 9.17) is 51.1 Å². The molecule has 134 valence electrons. The molecule has 0 saturated heterocycles. The van der Waals surface area contributed by atoms with Gasteiger partial charge in [-0.1, -0.05) is 52.8 Å². The zero-order valence-corrected chi connectivity index (χ0v) is 15.9. The van der Waals surface area contributed by atoms with Gasteiger partial charge in [0.05, 0.1) is 31.2 Å². The lowest BCUT2D eigenvalue weighted by molar-refractivity contribution is -0.150. The minimum atomic E-state index is -0.744. The molecule has 5 nitrogen and oxygen atoms in total. The second-order valence-electron chi connectivity index (χ2n) is 5.95. The number of esters is 1. The molecule has 2 amide bonds. The molecule has 9 heteroatoms. The molecule has 1 heterocycles. The summed E-state index contributed by atoms with van der Waals surface area (Å²) < 4.78 is 5.35. The van der Waals surface area contributed by atoms with Gasteiger partial charge in [0, 0.05) is 0 Å². The Labute approximate surface area is 164 Å². The highest BCUT2D eigenvalue weighted by atomic mass is 35.5. The molecular weight excluding hydrogens is 412 g/mol. The summed E-state index contributed by atoms with van der Waals surface area (Å²) >= 11 is 24.0. The predicted molar refractivity (Wildman–Crippen MR) is 94.8 cm³/mol. The van der Waals surface area contributed by atoms with Gasteiger partial charge in [-0.05, 0) is 25.7 Å². The number of nitrogens with zero attached hydrogens (tertiary/aromatic N) is 1. The van der Waals surface area contributed by atoms with Crippen LogP contribution in [0.1, 0.15) is 52.8 Å². The molecule has 1 fully saturated rings. The zero-order valence-electron chi connectivity index (χ0n) is 12.9. The second-order valence-corrected chi connectivity index (χ2v) is 7.46. The number of ether oxygens (including phenoxy) is 1. The number of halogens is 4. The van der Waals surface area contributed by atoms with Gasteiger partial charge in [-0.3, -0.25) is 19.3 Å². The van der Waals surface area contributed by atoms with E-state index in [0.717, 1.165) is 37.0 Å². The maximum Gasteiger partial charge on any atom is 0.326 e.